The third-order valence-corrected chi connectivity index (χ3v) is 4.78. The Hall–Kier alpha value is -0.800. The van der Waals surface area contributed by atoms with Crippen LogP contribution in [-0.4, -0.2) is 66.6 Å². The molecule has 0 aliphatic carbocycles. The SMILES string of the molecule is Cc1ccc(N=C(N=C2SCCN2C)N2CCOCC2)cc1.I. The summed E-state index contributed by atoms with van der Waals surface area (Å²) in [5.74, 6) is 1.89. The van der Waals surface area contributed by atoms with Gasteiger partial charge in [0.15, 0.2) is 5.17 Å². The van der Waals surface area contributed by atoms with Gasteiger partial charge in [-0.3, -0.25) is 0 Å². The zero-order valence-electron chi connectivity index (χ0n) is 13.6. The Balaban J connectivity index is 0.00000192. The number of aryl methyl sites for hydroxylation is 1. The van der Waals surface area contributed by atoms with Crippen molar-refractivity contribution < 1.29 is 4.74 Å². The number of nitrogens with zero attached hydrogens (tertiary/aromatic N) is 4. The monoisotopic (exact) mass is 446 g/mol. The van der Waals surface area contributed by atoms with Gasteiger partial charge >= 0.3 is 0 Å². The summed E-state index contributed by atoms with van der Waals surface area (Å²) in [4.78, 5) is 14.0. The molecule has 0 atom stereocenters. The van der Waals surface area contributed by atoms with Crippen molar-refractivity contribution >= 4 is 52.6 Å². The van der Waals surface area contributed by atoms with Crippen molar-refractivity contribution in [2.24, 2.45) is 9.98 Å². The summed E-state index contributed by atoms with van der Waals surface area (Å²) in [6, 6.07) is 8.25. The molecule has 23 heavy (non-hydrogen) atoms. The fourth-order valence-electron chi connectivity index (χ4n) is 2.35. The molecule has 0 radical (unpaired) electrons. The Labute approximate surface area is 159 Å². The summed E-state index contributed by atoms with van der Waals surface area (Å²) in [6.45, 7) is 6.29. The Morgan fingerprint density at radius 2 is 1.83 bits per heavy atom. The van der Waals surface area contributed by atoms with E-state index >= 15 is 0 Å². The van der Waals surface area contributed by atoms with Gasteiger partial charge in [0.1, 0.15) is 0 Å². The number of ether oxygens (including phenoxy) is 1. The highest BCUT2D eigenvalue weighted by atomic mass is 127. The van der Waals surface area contributed by atoms with Crippen molar-refractivity contribution in [3.63, 3.8) is 0 Å². The molecule has 2 aliphatic heterocycles. The van der Waals surface area contributed by atoms with Crippen LogP contribution in [-0.2, 0) is 4.74 Å². The summed E-state index contributed by atoms with van der Waals surface area (Å²) < 4.78 is 5.45. The van der Waals surface area contributed by atoms with Gasteiger partial charge in [-0.2, -0.15) is 4.99 Å². The van der Waals surface area contributed by atoms with Gasteiger partial charge in [-0.15, -0.1) is 24.0 Å². The van der Waals surface area contributed by atoms with E-state index < -0.39 is 0 Å². The van der Waals surface area contributed by atoms with Crippen LogP contribution in [0.5, 0.6) is 0 Å². The van der Waals surface area contributed by atoms with E-state index in [9.17, 15) is 0 Å². The molecular formula is C16H23IN4OS. The Morgan fingerprint density at radius 1 is 1.13 bits per heavy atom. The minimum absolute atomic E-state index is 0. The van der Waals surface area contributed by atoms with Gasteiger partial charge in [-0.1, -0.05) is 29.5 Å². The van der Waals surface area contributed by atoms with E-state index in [-0.39, 0.29) is 24.0 Å². The zero-order chi connectivity index (χ0) is 15.4. The quantitative estimate of drug-likeness (QED) is 0.378. The van der Waals surface area contributed by atoms with Crippen molar-refractivity contribution in [1.82, 2.24) is 9.80 Å². The molecule has 5 nitrogen and oxygen atoms in total. The molecule has 1 aromatic carbocycles. The predicted octanol–water partition coefficient (Wildman–Crippen LogP) is 2.97. The van der Waals surface area contributed by atoms with E-state index in [1.54, 1.807) is 11.8 Å². The lowest BCUT2D eigenvalue weighted by Gasteiger charge is -2.28. The lowest BCUT2D eigenvalue weighted by atomic mass is 10.2. The summed E-state index contributed by atoms with van der Waals surface area (Å²) in [5, 5.41) is 1.05. The number of halogens is 1. The molecule has 7 heteroatoms. The molecule has 126 valence electrons. The van der Waals surface area contributed by atoms with Gasteiger partial charge < -0.3 is 14.5 Å². The highest BCUT2D eigenvalue weighted by Gasteiger charge is 2.20. The molecule has 0 N–H and O–H groups in total. The van der Waals surface area contributed by atoms with Gasteiger partial charge in [0, 0.05) is 32.4 Å². The highest BCUT2D eigenvalue weighted by Crippen LogP contribution is 2.19. The normalized spacial score (nSPS) is 20.8. The van der Waals surface area contributed by atoms with E-state index in [0.29, 0.717) is 0 Å². The standard InChI is InChI=1S/C16H22N4OS.HI/c1-13-3-5-14(6-4-13)17-15(20-7-10-21-11-8-20)18-16-19(2)9-12-22-16;/h3-6H,7-12H2,1-2H3;1H. The molecule has 0 amide bonds. The Morgan fingerprint density at radius 3 is 2.43 bits per heavy atom. The topological polar surface area (TPSA) is 40.4 Å². The molecule has 0 unspecified atom stereocenters. The molecule has 0 bridgehead atoms. The largest absolute Gasteiger partial charge is 0.378 e. The lowest BCUT2D eigenvalue weighted by Crippen LogP contribution is -2.40. The molecule has 2 fully saturated rings. The van der Waals surface area contributed by atoms with Crippen molar-refractivity contribution in [2.45, 2.75) is 6.92 Å². The lowest BCUT2D eigenvalue weighted by molar-refractivity contribution is 0.0676. The van der Waals surface area contributed by atoms with Gasteiger partial charge in [-0.05, 0) is 19.1 Å². The maximum atomic E-state index is 5.45. The summed E-state index contributed by atoms with van der Waals surface area (Å²) >= 11 is 1.79. The van der Waals surface area contributed by atoms with Gasteiger partial charge in [-0.25, -0.2) is 4.99 Å². The van der Waals surface area contributed by atoms with E-state index in [1.165, 1.54) is 5.56 Å². The minimum Gasteiger partial charge on any atom is -0.378 e. The van der Waals surface area contributed by atoms with Crippen LogP contribution in [0.25, 0.3) is 0 Å². The second kappa shape index (κ2) is 8.89. The van der Waals surface area contributed by atoms with Crippen LogP contribution < -0.4 is 0 Å². The molecule has 0 aromatic heterocycles. The first-order valence-electron chi connectivity index (χ1n) is 7.63. The van der Waals surface area contributed by atoms with E-state index in [1.807, 2.05) is 12.1 Å². The van der Waals surface area contributed by atoms with Crippen LogP contribution in [0.3, 0.4) is 0 Å². The third kappa shape index (κ3) is 5.09. The number of rotatable bonds is 1. The number of amidine groups is 1. The van der Waals surface area contributed by atoms with Gasteiger partial charge in [0.05, 0.1) is 18.9 Å². The second-order valence-corrected chi connectivity index (χ2v) is 6.57. The van der Waals surface area contributed by atoms with Gasteiger partial charge in [0.25, 0.3) is 0 Å². The van der Waals surface area contributed by atoms with Crippen molar-refractivity contribution in [1.29, 1.82) is 0 Å². The summed E-state index contributed by atoms with van der Waals surface area (Å²) in [7, 11) is 2.08. The fourth-order valence-corrected chi connectivity index (χ4v) is 3.35. The van der Waals surface area contributed by atoms with E-state index in [2.05, 4.69) is 35.9 Å². The Kier molecular flexibility index (Phi) is 7.16. The van der Waals surface area contributed by atoms with Crippen LogP contribution in [0.4, 0.5) is 5.69 Å². The number of hydrogen-bond donors (Lipinski definition) is 0. The molecule has 1 aromatic rings. The van der Waals surface area contributed by atoms with Crippen LogP contribution in [0.2, 0.25) is 0 Å². The number of benzene rings is 1. The average Bonchev–Trinajstić information content (AvgIpc) is 2.95. The third-order valence-electron chi connectivity index (χ3n) is 3.74. The molecule has 0 saturated carbocycles. The predicted molar refractivity (Wildman–Crippen MR) is 109 cm³/mol. The number of thioether (sulfide) groups is 1. The van der Waals surface area contributed by atoms with Crippen molar-refractivity contribution in [3.8, 4) is 0 Å². The van der Waals surface area contributed by atoms with Crippen LogP contribution in [0.15, 0.2) is 34.3 Å². The number of guanidine groups is 1. The first-order valence-corrected chi connectivity index (χ1v) is 8.61. The molecular weight excluding hydrogens is 423 g/mol. The fraction of sp³-hybridized carbons (Fsp3) is 0.500. The first kappa shape index (κ1) is 18.5. The van der Waals surface area contributed by atoms with Gasteiger partial charge in [0.2, 0.25) is 5.96 Å². The summed E-state index contributed by atoms with van der Waals surface area (Å²) in [5.41, 5.74) is 2.19. The molecule has 3 rings (SSSR count). The van der Waals surface area contributed by atoms with Crippen molar-refractivity contribution in [3.05, 3.63) is 29.8 Å². The average molecular weight is 446 g/mol. The maximum Gasteiger partial charge on any atom is 0.228 e. The minimum atomic E-state index is 0. The molecule has 0 spiro atoms. The molecule has 2 aliphatic rings. The van der Waals surface area contributed by atoms with E-state index in [4.69, 9.17) is 14.7 Å². The number of aliphatic imine (C=N–C) groups is 2. The summed E-state index contributed by atoms with van der Waals surface area (Å²) in [6.07, 6.45) is 0. The van der Waals surface area contributed by atoms with Crippen LogP contribution >= 0.6 is 35.7 Å². The number of hydrogen-bond acceptors (Lipinski definition) is 3. The smallest absolute Gasteiger partial charge is 0.228 e. The maximum absolute atomic E-state index is 5.45. The Bertz CT molecular complexity index is 570. The zero-order valence-corrected chi connectivity index (χ0v) is 16.7. The van der Waals surface area contributed by atoms with Crippen LogP contribution in [0, 0.1) is 6.92 Å². The highest BCUT2D eigenvalue weighted by molar-refractivity contribution is 14.0. The second-order valence-electron chi connectivity index (χ2n) is 5.51. The van der Waals surface area contributed by atoms with Crippen molar-refractivity contribution in [2.75, 3.05) is 45.6 Å². The molecule has 2 saturated heterocycles. The first-order chi connectivity index (χ1) is 10.7. The van der Waals surface area contributed by atoms with Crippen LogP contribution in [0.1, 0.15) is 5.56 Å². The molecule has 2 heterocycles. The number of morpholine rings is 1. The van der Waals surface area contributed by atoms with E-state index in [0.717, 1.165) is 55.4 Å².